The molecule has 0 fully saturated rings. The summed E-state index contributed by atoms with van der Waals surface area (Å²) < 4.78 is 0. The van der Waals surface area contributed by atoms with E-state index >= 15 is 0 Å². The second-order valence-corrected chi connectivity index (χ2v) is 5.73. The maximum absolute atomic E-state index is 12.5. The molecule has 1 amide bonds. The number of carbonyl (C=O) groups is 1. The molecule has 0 aliphatic rings. The molecule has 0 atom stereocenters. The lowest BCUT2D eigenvalue weighted by atomic mass is 10.1. The zero-order chi connectivity index (χ0) is 19.2. The summed E-state index contributed by atoms with van der Waals surface area (Å²) in [4.78, 5) is 27.4. The van der Waals surface area contributed by atoms with Gasteiger partial charge in [0, 0.05) is 23.0 Å². The average Bonchev–Trinajstić information content (AvgIpc) is 2.67. The van der Waals surface area contributed by atoms with Crippen molar-refractivity contribution in [2.75, 3.05) is 5.32 Å². The third kappa shape index (κ3) is 4.35. The molecule has 0 saturated heterocycles. The number of benzene rings is 2. The lowest BCUT2D eigenvalue weighted by Crippen LogP contribution is -2.14. The van der Waals surface area contributed by atoms with Gasteiger partial charge < -0.3 is 5.32 Å². The van der Waals surface area contributed by atoms with Gasteiger partial charge >= 0.3 is 0 Å². The lowest BCUT2D eigenvalue weighted by Gasteiger charge is -2.07. The lowest BCUT2D eigenvalue weighted by molar-refractivity contribution is -0.385. The van der Waals surface area contributed by atoms with Gasteiger partial charge in [-0.05, 0) is 49.2 Å². The van der Waals surface area contributed by atoms with Gasteiger partial charge in [-0.25, -0.2) is 4.98 Å². The van der Waals surface area contributed by atoms with E-state index < -0.39 is 10.8 Å². The molecule has 1 N–H and O–H groups in total. The van der Waals surface area contributed by atoms with E-state index in [-0.39, 0.29) is 11.3 Å². The molecule has 2 aromatic carbocycles. The minimum Gasteiger partial charge on any atom is -0.322 e. The molecule has 0 unspecified atom stereocenters. The van der Waals surface area contributed by atoms with Crippen molar-refractivity contribution in [3.63, 3.8) is 0 Å². The van der Waals surface area contributed by atoms with Crippen LogP contribution in [0, 0.1) is 28.9 Å². The highest BCUT2D eigenvalue weighted by Crippen LogP contribution is 2.24. The number of anilines is 1. The molecule has 0 spiro atoms. The van der Waals surface area contributed by atoms with Gasteiger partial charge in [0.05, 0.1) is 4.92 Å². The van der Waals surface area contributed by atoms with Gasteiger partial charge in [0.1, 0.15) is 11.3 Å². The summed E-state index contributed by atoms with van der Waals surface area (Å²) in [6, 6.07) is 17.1. The largest absolute Gasteiger partial charge is 0.322 e. The van der Waals surface area contributed by atoms with Crippen LogP contribution in [0.1, 0.15) is 27.2 Å². The molecule has 0 saturated carbocycles. The molecule has 1 aromatic heterocycles. The van der Waals surface area contributed by atoms with Crippen molar-refractivity contribution in [3.05, 3.63) is 99.4 Å². The van der Waals surface area contributed by atoms with Crippen molar-refractivity contribution in [1.82, 2.24) is 4.98 Å². The summed E-state index contributed by atoms with van der Waals surface area (Å²) in [5, 5.41) is 14.0. The van der Waals surface area contributed by atoms with Crippen LogP contribution in [-0.4, -0.2) is 15.8 Å². The zero-order valence-corrected chi connectivity index (χ0v) is 14.5. The Morgan fingerprint density at radius 2 is 1.89 bits per heavy atom. The maximum Gasteiger partial charge on any atom is 0.285 e. The van der Waals surface area contributed by atoms with Gasteiger partial charge in [-0.1, -0.05) is 30.2 Å². The monoisotopic (exact) mass is 357 g/mol. The van der Waals surface area contributed by atoms with Gasteiger partial charge in [0.2, 0.25) is 0 Å². The Labute approximate surface area is 156 Å². The van der Waals surface area contributed by atoms with Crippen molar-refractivity contribution < 1.29 is 9.72 Å². The minimum atomic E-state index is -0.543. The molecule has 3 aromatic rings. The number of carbonyl (C=O) groups excluding carboxylic acids is 1. The van der Waals surface area contributed by atoms with Crippen molar-refractivity contribution in [1.29, 1.82) is 0 Å². The second kappa shape index (κ2) is 7.93. The molecule has 1 heterocycles. The van der Waals surface area contributed by atoms with Crippen molar-refractivity contribution in [2.24, 2.45) is 0 Å². The number of aryl methyl sites for hydroxylation is 1. The number of hydrogen-bond donors (Lipinski definition) is 1. The van der Waals surface area contributed by atoms with Gasteiger partial charge in [0.25, 0.3) is 11.6 Å². The highest BCUT2D eigenvalue weighted by Gasteiger charge is 2.22. The summed E-state index contributed by atoms with van der Waals surface area (Å²) in [6.45, 7) is 1.60. The van der Waals surface area contributed by atoms with Crippen LogP contribution >= 0.6 is 0 Å². The number of amides is 1. The Morgan fingerprint density at radius 3 is 2.63 bits per heavy atom. The minimum absolute atomic E-state index is 0.0185. The molecule has 0 aliphatic carbocycles. The number of nitrogens with zero attached hydrogens (tertiary/aromatic N) is 2. The highest BCUT2D eigenvalue weighted by atomic mass is 16.6. The fourth-order valence-electron chi connectivity index (χ4n) is 2.53. The summed E-state index contributed by atoms with van der Waals surface area (Å²) >= 11 is 0. The van der Waals surface area contributed by atoms with E-state index in [2.05, 4.69) is 22.1 Å². The van der Waals surface area contributed by atoms with Gasteiger partial charge in [0.15, 0.2) is 0 Å². The smallest absolute Gasteiger partial charge is 0.285 e. The molecule has 0 aliphatic heterocycles. The SMILES string of the molecule is Cc1cccc(C(=O)Nc2cccc(C#Cc3ccccn3)c2)c1[N+](=O)[O-]. The number of pyridine rings is 1. The number of nitro groups is 1. The van der Waals surface area contributed by atoms with Crippen LogP contribution in [0.4, 0.5) is 11.4 Å². The number of nitro benzene ring substituents is 1. The van der Waals surface area contributed by atoms with E-state index in [1.807, 2.05) is 12.1 Å². The van der Waals surface area contributed by atoms with E-state index in [1.54, 1.807) is 55.6 Å². The molecule has 6 heteroatoms. The van der Waals surface area contributed by atoms with Crippen LogP contribution in [-0.2, 0) is 0 Å². The fraction of sp³-hybridized carbons (Fsp3) is 0.0476. The topological polar surface area (TPSA) is 85.1 Å². The van der Waals surface area contributed by atoms with Gasteiger partial charge in [-0.15, -0.1) is 0 Å². The normalized spacial score (nSPS) is 9.81. The number of rotatable bonds is 3. The van der Waals surface area contributed by atoms with E-state index in [4.69, 9.17) is 0 Å². The number of para-hydroxylation sites is 1. The molecule has 6 nitrogen and oxygen atoms in total. The zero-order valence-electron chi connectivity index (χ0n) is 14.5. The van der Waals surface area contributed by atoms with E-state index in [9.17, 15) is 14.9 Å². The Hall–Kier alpha value is -3.98. The highest BCUT2D eigenvalue weighted by molar-refractivity contribution is 6.07. The second-order valence-electron chi connectivity index (χ2n) is 5.73. The van der Waals surface area contributed by atoms with Crippen LogP contribution < -0.4 is 5.32 Å². The predicted octanol–water partition coefficient (Wildman–Crippen LogP) is 3.95. The third-order valence-electron chi connectivity index (χ3n) is 3.79. The summed E-state index contributed by atoms with van der Waals surface area (Å²) in [6.07, 6.45) is 1.66. The van der Waals surface area contributed by atoms with Crippen LogP contribution in [0.2, 0.25) is 0 Å². The standard InChI is InChI=1S/C21H15N3O3/c1-15-6-4-10-19(20(15)24(26)27)21(25)23-18-9-5-7-16(14-18)11-12-17-8-2-3-13-22-17/h2-10,13-14H,1H3,(H,23,25). The molecular formula is C21H15N3O3. The summed E-state index contributed by atoms with van der Waals surface area (Å²) in [7, 11) is 0. The van der Waals surface area contributed by atoms with Crippen molar-refractivity contribution >= 4 is 17.3 Å². The molecule has 0 bridgehead atoms. The number of nitrogens with one attached hydrogen (secondary N) is 1. The summed E-state index contributed by atoms with van der Waals surface area (Å²) in [5.74, 6) is 5.38. The van der Waals surface area contributed by atoms with Crippen LogP contribution in [0.15, 0.2) is 66.9 Å². The maximum atomic E-state index is 12.5. The predicted molar refractivity (Wildman–Crippen MR) is 102 cm³/mol. The first-order valence-electron chi connectivity index (χ1n) is 8.13. The van der Waals surface area contributed by atoms with Crippen LogP contribution in [0.25, 0.3) is 0 Å². The number of hydrogen-bond acceptors (Lipinski definition) is 4. The Balaban J connectivity index is 1.83. The molecule has 3 rings (SSSR count). The van der Waals surface area contributed by atoms with E-state index in [0.29, 0.717) is 22.5 Å². The first-order chi connectivity index (χ1) is 13.0. The summed E-state index contributed by atoms with van der Waals surface area (Å²) in [5.41, 5.74) is 2.09. The average molecular weight is 357 g/mol. The van der Waals surface area contributed by atoms with Gasteiger partial charge in [-0.3, -0.25) is 14.9 Å². The Kier molecular flexibility index (Phi) is 5.24. The fourth-order valence-corrected chi connectivity index (χ4v) is 2.53. The Bertz CT molecular complexity index is 1070. The number of aromatic nitrogens is 1. The van der Waals surface area contributed by atoms with Crippen molar-refractivity contribution in [3.8, 4) is 11.8 Å². The van der Waals surface area contributed by atoms with Crippen LogP contribution in [0.5, 0.6) is 0 Å². The Morgan fingerprint density at radius 1 is 1.07 bits per heavy atom. The van der Waals surface area contributed by atoms with Gasteiger partial charge in [-0.2, -0.15) is 0 Å². The van der Waals surface area contributed by atoms with Crippen molar-refractivity contribution in [2.45, 2.75) is 6.92 Å². The third-order valence-corrected chi connectivity index (χ3v) is 3.79. The van der Waals surface area contributed by atoms with E-state index in [1.165, 1.54) is 6.07 Å². The molecule has 27 heavy (non-hydrogen) atoms. The molecular weight excluding hydrogens is 342 g/mol. The molecule has 0 radical (unpaired) electrons. The van der Waals surface area contributed by atoms with E-state index in [0.717, 1.165) is 0 Å². The molecule has 132 valence electrons. The first kappa shape index (κ1) is 17.8. The quantitative estimate of drug-likeness (QED) is 0.437. The van der Waals surface area contributed by atoms with Crippen LogP contribution in [0.3, 0.4) is 0 Å². The first-order valence-corrected chi connectivity index (χ1v) is 8.13.